The van der Waals surface area contributed by atoms with Crippen LogP contribution < -0.4 is 5.32 Å². The molecule has 6 heteroatoms. The number of aryl methyl sites for hydroxylation is 1. The molecule has 0 aliphatic rings. The van der Waals surface area contributed by atoms with Crippen molar-refractivity contribution in [2.75, 3.05) is 5.75 Å². The van der Waals surface area contributed by atoms with Gasteiger partial charge in [-0.15, -0.1) is 10.2 Å². The van der Waals surface area contributed by atoms with E-state index in [2.05, 4.69) is 15.5 Å². The molecular formula is C15H19N3O2S. The highest BCUT2D eigenvalue weighted by molar-refractivity contribution is 7.99. The molecule has 112 valence electrons. The van der Waals surface area contributed by atoms with Gasteiger partial charge in [0.05, 0.1) is 5.75 Å². The average molecular weight is 305 g/mol. The fourth-order valence-electron chi connectivity index (χ4n) is 1.71. The molecule has 1 aromatic heterocycles. The van der Waals surface area contributed by atoms with Gasteiger partial charge in [0.2, 0.25) is 11.8 Å². The quantitative estimate of drug-likeness (QED) is 0.831. The maximum Gasteiger partial charge on any atom is 0.277 e. The second-order valence-corrected chi connectivity index (χ2v) is 5.83. The molecule has 0 saturated heterocycles. The molecule has 1 heterocycles. The molecule has 1 aromatic carbocycles. The normalized spacial score (nSPS) is 12.1. The van der Waals surface area contributed by atoms with Crippen LogP contribution in [0.25, 0.3) is 11.5 Å². The van der Waals surface area contributed by atoms with E-state index < -0.39 is 0 Å². The molecule has 0 spiro atoms. The van der Waals surface area contributed by atoms with Crippen molar-refractivity contribution in [2.24, 2.45) is 0 Å². The number of nitrogens with zero attached hydrogens (tertiary/aromatic N) is 2. The van der Waals surface area contributed by atoms with E-state index in [1.807, 2.05) is 45.0 Å². The molecule has 5 nitrogen and oxygen atoms in total. The summed E-state index contributed by atoms with van der Waals surface area (Å²) in [6.07, 6.45) is 0.911. The first-order valence-electron chi connectivity index (χ1n) is 6.91. The topological polar surface area (TPSA) is 68.0 Å². The molecular weight excluding hydrogens is 286 g/mol. The van der Waals surface area contributed by atoms with Gasteiger partial charge in [0.15, 0.2) is 0 Å². The third-order valence-corrected chi connectivity index (χ3v) is 3.84. The maximum absolute atomic E-state index is 11.7. The zero-order valence-electron chi connectivity index (χ0n) is 12.4. The molecule has 0 aliphatic carbocycles. The Morgan fingerprint density at radius 3 is 2.95 bits per heavy atom. The van der Waals surface area contributed by atoms with Gasteiger partial charge in [-0.2, -0.15) is 0 Å². The predicted molar refractivity (Wildman–Crippen MR) is 83.1 cm³/mol. The van der Waals surface area contributed by atoms with Crippen LogP contribution in [-0.4, -0.2) is 27.9 Å². The summed E-state index contributed by atoms with van der Waals surface area (Å²) in [7, 11) is 0. The molecule has 0 radical (unpaired) electrons. The molecule has 2 rings (SSSR count). The minimum absolute atomic E-state index is 0.0235. The standard InChI is InChI=1S/C15H19N3O2S/c1-4-11(3)16-13(19)9-21-15-18-17-14(20-15)12-7-5-6-10(2)8-12/h5-8,11H,4,9H2,1-3H3,(H,16,19)/t11-/m0/s1. The van der Waals surface area contributed by atoms with Gasteiger partial charge in [-0.25, -0.2) is 0 Å². The molecule has 1 N–H and O–H groups in total. The lowest BCUT2D eigenvalue weighted by Gasteiger charge is -2.09. The lowest BCUT2D eigenvalue weighted by molar-refractivity contribution is -0.119. The largest absolute Gasteiger partial charge is 0.411 e. The zero-order chi connectivity index (χ0) is 15.2. The van der Waals surface area contributed by atoms with E-state index in [1.54, 1.807) is 0 Å². The van der Waals surface area contributed by atoms with Crippen molar-refractivity contribution in [1.82, 2.24) is 15.5 Å². The van der Waals surface area contributed by atoms with Crippen molar-refractivity contribution in [3.05, 3.63) is 29.8 Å². The van der Waals surface area contributed by atoms with Gasteiger partial charge in [0.1, 0.15) is 0 Å². The predicted octanol–water partition coefficient (Wildman–Crippen LogP) is 3.05. The first-order chi connectivity index (χ1) is 10.1. The molecule has 0 unspecified atom stereocenters. The summed E-state index contributed by atoms with van der Waals surface area (Å²) in [5.74, 6) is 0.730. The van der Waals surface area contributed by atoms with Gasteiger partial charge in [-0.05, 0) is 32.4 Å². The highest BCUT2D eigenvalue weighted by atomic mass is 32.2. The molecule has 1 amide bonds. The molecule has 0 fully saturated rings. The number of carbonyl (C=O) groups is 1. The Balaban J connectivity index is 1.93. The van der Waals surface area contributed by atoms with Gasteiger partial charge in [0.25, 0.3) is 5.22 Å². The third kappa shape index (κ3) is 4.60. The van der Waals surface area contributed by atoms with Crippen molar-refractivity contribution in [2.45, 2.75) is 38.5 Å². The van der Waals surface area contributed by atoms with Crippen molar-refractivity contribution in [3.8, 4) is 11.5 Å². The molecule has 0 bridgehead atoms. The highest BCUT2D eigenvalue weighted by Crippen LogP contribution is 2.23. The Morgan fingerprint density at radius 1 is 1.43 bits per heavy atom. The van der Waals surface area contributed by atoms with Crippen LogP contribution in [-0.2, 0) is 4.79 Å². The van der Waals surface area contributed by atoms with Crippen LogP contribution in [0.1, 0.15) is 25.8 Å². The van der Waals surface area contributed by atoms with Crippen molar-refractivity contribution in [1.29, 1.82) is 0 Å². The fraction of sp³-hybridized carbons (Fsp3) is 0.400. The summed E-state index contributed by atoms with van der Waals surface area (Å²) >= 11 is 1.25. The van der Waals surface area contributed by atoms with E-state index in [4.69, 9.17) is 4.42 Å². The monoisotopic (exact) mass is 305 g/mol. The number of hydrogen-bond donors (Lipinski definition) is 1. The summed E-state index contributed by atoms with van der Waals surface area (Å²) in [4.78, 5) is 11.7. The molecule has 1 atom stereocenters. The van der Waals surface area contributed by atoms with E-state index in [0.29, 0.717) is 11.1 Å². The van der Waals surface area contributed by atoms with Gasteiger partial charge in [0, 0.05) is 11.6 Å². The number of carbonyl (C=O) groups excluding carboxylic acids is 1. The summed E-state index contributed by atoms with van der Waals surface area (Å²) in [5, 5.41) is 11.3. The van der Waals surface area contributed by atoms with E-state index in [0.717, 1.165) is 17.5 Å². The Hall–Kier alpha value is -1.82. The van der Waals surface area contributed by atoms with Crippen molar-refractivity contribution in [3.63, 3.8) is 0 Å². The first-order valence-corrected chi connectivity index (χ1v) is 7.89. The number of thioether (sulfide) groups is 1. The van der Waals surface area contributed by atoms with Gasteiger partial charge >= 0.3 is 0 Å². The second-order valence-electron chi connectivity index (χ2n) is 4.91. The van der Waals surface area contributed by atoms with Crippen LogP contribution in [0.4, 0.5) is 0 Å². The fourth-order valence-corrected chi connectivity index (χ4v) is 2.28. The molecule has 0 aliphatic heterocycles. The number of amides is 1. The van der Waals surface area contributed by atoms with Gasteiger partial charge in [-0.1, -0.05) is 36.4 Å². The summed E-state index contributed by atoms with van der Waals surface area (Å²) in [6.45, 7) is 6.02. The van der Waals surface area contributed by atoms with Crippen LogP contribution in [0.5, 0.6) is 0 Å². The average Bonchev–Trinajstić information content (AvgIpc) is 2.94. The van der Waals surface area contributed by atoms with E-state index in [9.17, 15) is 4.79 Å². The van der Waals surface area contributed by atoms with Crippen LogP contribution >= 0.6 is 11.8 Å². The SMILES string of the molecule is CC[C@H](C)NC(=O)CSc1nnc(-c2cccc(C)c2)o1. The van der Waals surface area contributed by atoms with Crippen molar-refractivity contribution < 1.29 is 9.21 Å². The summed E-state index contributed by atoms with van der Waals surface area (Å²) in [6, 6.07) is 8.04. The number of nitrogens with one attached hydrogen (secondary N) is 1. The van der Waals surface area contributed by atoms with Crippen LogP contribution in [0, 0.1) is 6.92 Å². The number of rotatable bonds is 6. The summed E-state index contributed by atoms with van der Waals surface area (Å²) < 4.78 is 5.57. The Labute approximate surface area is 128 Å². The number of aromatic nitrogens is 2. The molecule has 21 heavy (non-hydrogen) atoms. The van der Waals surface area contributed by atoms with Crippen LogP contribution in [0.2, 0.25) is 0 Å². The van der Waals surface area contributed by atoms with Gasteiger partial charge < -0.3 is 9.73 Å². The first kappa shape index (κ1) is 15.6. The Kier molecular flexibility index (Phi) is 5.38. The van der Waals surface area contributed by atoms with Crippen LogP contribution in [0.15, 0.2) is 33.9 Å². The Morgan fingerprint density at radius 2 is 2.24 bits per heavy atom. The third-order valence-electron chi connectivity index (χ3n) is 3.02. The number of hydrogen-bond acceptors (Lipinski definition) is 5. The second kappa shape index (κ2) is 7.26. The minimum Gasteiger partial charge on any atom is -0.411 e. The minimum atomic E-state index is -0.0235. The maximum atomic E-state index is 11.7. The van der Waals surface area contributed by atoms with E-state index >= 15 is 0 Å². The lowest BCUT2D eigenvalue weighted by atomic mass is 10.1. The van der Waals surface area contributed by atoms with E-state index in [-0.39, 0.29) is 17.7 Å². The molecule has 0 saturated carbocycles. The smallest absolute Gasteiger partial charge is 0.277 e. The van der Waals surface area contributed by atoms with E-state index in [1.165, 1.54) is 11.8 Å². The Bertz CT molecular complexity index is 612. The zero-order valence-corrected chi connectivity index (χ0v) is 13.2. The highest BCUT2D eigenvalue weighted by Gasteiger charge is 2.12. The number of benzene rings is 1. The summed E-state index contributed by atoms with van der Waals surface area (Å²) in [5.41, 5.74) is 2.02. The van der Waals surface area contributed by atoms with Crippen molar-refractivity contribution >= 4 is 17.7 Å². The van der Waals surface area contributed by atoms with Gasteiger partial charge in [-0.3, -0.25) is 4.79 Å². The molecule has 2 aromatic rings. The lowest BCUT2D eigenvalue weighted by Crippen LogP contribution is -2.33. The van der Waals surface area contributed by atoms with Crippen LogP contribution in [0.3, 0.4) is 0 Å².